The average Bonchev–Trinajstić information content (AvgIpc) is 2.35. The van der Waals surface area contributed by atoms with Crippen molar-refractivity contribution in [2.24, 2.45) is 5.73 Å². The Morgan fingerprint density at radius 2 is 1.81 bits per heavy atom. The first-order valence-corrected chi connectivity index (χ1v) is 5.70. The Balaban J connectivity index is 2.51. The lowest BCUT2D eigenvalue weighted by molar-refractivity contribution is 0.321. The Bertz CT molecular complexity index is 479. The lowest BCUT2D eigenvalue weighted by Crippen LogP contribution is -1.99. The summed E-state index contributed by atoms with van der Waals surface area (Å²) in [5.41, 5.74) is 6.89. The van der Waals surface area contributed by atoms with Gasteiger partial charge in [-0.1, -0.05) is 37.3 Å². The fraction of sp³-hybridized carbons (Fsp3) is 0.286. The van der Waals surface area contributed by atoms with Gasteiger partial charge in [0, 0.05) is 11.9 Å². The summed E-state index contributed by atoms with van der Waals surface area (Å²) >= 11 is 0. The maximum atomic E-state index is 5.73. The van der Waals surface area contributed by atoms with Crippen molar-refractivity contribution in [1.82, 2.24) is 0 Å². The highest BCUT2D eigenvalue weighted by atomic mass is 16.5. The molecule has 2 aromatic carbocycles. The van der Waals surface area contributed by atoms with E-state index in [0.29, 0.717) is 6.54 Å². The first kappa shape index (κ1) is 11.0. The molecule has 0 aliphatic heterocycles. The molecule has 0 fully saturated rings. The summed E-state index contributed by atoms with van der Waals surface area (Å²) in [4.78, 5) is 0. The molecule has 0 atom stereocenters. The number of hydrogen-bond acceptors (Lipinski definition) is 2. The van der Waals surface area contributed by atoms with E-state index in [4.69, 9.17) is 10.5 Å². The fourth-order valence-electron chi connectivity index (χ4n) is 1.86. The van der Waals surface area contributed by atoms with Gasteiger partial charge in [-0.25, -0.2) is 0 Å². The van der Waals surface area contributed by atoms with E-state index >= 15 is 0 Å². The number of nitrogens with two attached hydrogens (primary N) is 1. The molecule has 0 unspecified atom stereocenters. The van der Waals surface area contributed by atoms with Crippen LogP contribution in [0.1, 0.15) is 18.9 Å². The van der Waals surface area contributed by atoms with Gasteiger partial charge in [0.2, 0.25) is 0 Å². The first-order chi connectivity index (χ1) is 7.86. The number of fused-ring (bicyclic) bond motifs is 1. The topological polar surface area (TPSA) is 35.2 Å². The summed E-state index contributed by atoms with van der Waals surface area (Å²) in [7, 11) is 0. The molecule has 0 heterocycles. The molecular formula is C14H17NO. The zero-order chi connectivity index (χ0) is 11.4. The highest BCUT2D eigenvalue weighted by Crippen LogP contribution is 2.27. The third-order valence-corrected chi connectivity index (χ3v) is 2.65. The molecular weight excluding hydrogens is 198 g/mol. The number of rotatable bonds is 4. The number of hydrogen-bond donors (Lipinski definition) is 1. The molecule has 16 heavy (non-hydrogen) atoms. The van der Waals surface area contributed by atoms with Crippen LogP contribution in [0.3, 0.4) is 0 Å². The molecule has 2 N–H and O–H groups in total. The minimum atomic E-state index is 0.564. The number of ether oxygens (including phenoxy) is 1. The summed E-state index contributed by atoms with van der Waals surface area (Å²) in [5, 5.41) is 2.34. The molecule has 2 heteroatoms. The van der Waals surface area contributed by atoms with Crippen LogP contribution < -0.4 is 10.5 Å². The smallest absolute Gasteiger partial charge is 0.127 e. The quantitative estimate of drug-likeness (QED) is 0.850. The van der Waals surface area contributed by atoms with Crippen molar-refractivity contribution in [2.45, 2.75) is 19.9 Å². The molecule has 0 amide bonds. The van der Waals surface area contributed by atoms with Crippen LogP contribution in [0.2, 0.25) is 0 Å². The zero-order valence-corrected chi connectivity index (χ0v) is 9.57. The Morgan fingerprint density at radius 3 is 2.56 bits per heavy atom. The van der Waals surface area contributed by atoms with Gasteiger partial charge in [-0.2, -0.15) is 0 Å². The molecule has 0 spiro atoms. The normalized spacial score (nSPS) is 10.6. The lowest BCUT2D eigenvalue weighted by Gasteiger charge is -2.10. The Kier molecular flexibility index (Phi) is 3.42. The number of benzene rings is 2. The molecule has 0 radical (unpaired) electrons. The first-order valence-electron chi connectivity index (χ1n) is 5.70. The Labute approximate surface area is 96.0 Å². The third-order valence-electron chi connectivity index (χ3n) is 2.65. The minimum Gasteiger partial charge on any atom is -0.493 e. The maximum absolute atomic E-state index is 5.73. The predicted octanol–water partition coefficient (Wildman–Crippen LogP) is 3.09. The van der Waals surface area contributed by atoms with E-state index in [0.717, 1.165) is 24.2 Å². The van der Waals surface area contributed by atoms with Crippen LogP contribution in [0, 0.1) is 0 Å². The highest BCUT2D eigenvalue weighted by molar-refractivity contribution is 5.90. The van der Waals surface area contributed by atoms with Gasteiger partial charge in [0.05, 0.1) is 6.61 Å². The molecule has 0 aromatic heterocycles. The van der Waals surface area contributed by atoms with Crippen LogP contribution in [0.25, 0.3) is 10.8 Å². The van der Waals surface area contributed by atoms with Crippen molar-refractivity contribution in [3.63, 3.8) is 0 Å². The van der Waals surface area contributed by atoms with Crippen LogP contribution in [0.4, 0.5) is 0 Å². The monoisotopic (exact) mass is 215 g/mol. The van der Waals surface area contributed by atoms with Crippen LogP contribution in [-0.4, -0.2) is 6.61 Å². The van der Waals surface area contributed by atoms with Crippen LogP contribution in [0.15, 0.2) is 36.4 Å². The van der Waals surface area contributed by atoms with Crippen LogP contribution in [-0.2, 0) is 6.54 Å². The van der Waals surface area contributed by atoms with Gasteiger partial charge in [0.1, 0.15) is 5.75 Å². The third kappa shape index (κ3) is 2.02. The molecule has 84 valence electrons. The standard InChI is InChI=1S/C14H17NO/c1-2-9-16-14-8-4-6-12-11(10-15)5-3-7-13(12)14/h3-8H,2,9-10,15H2,1H3. The Morgan fingerprint density at radius 1 is 1.06 bits per heavy atom. The van der Waals surface area contributed by atoms with Crippen molar-refractivity contribution in [2.75, 3.05) is 6.61 Å². The van der Waals surface area contributed by atoms with E-state index in [1.165, 1.54) is 10.9 Å². The SMILES string of the molecule is CCCOc1cccc2c(CN)cccc12. The van der Waals surface area contributed by atoms with Gasteiger partial charge in [-0.15, -0.1) is 0 Å². The second-order valence-electron chi connectivity index (χ2n) is 3.82. The van der Waals surface area contributed by atoms with Gasteiger partial charge in [0.15, 0.2) is 0 Å². The second-order valence-corrected chi connectivity index (χ2v) is 3.82. The molecule has 0 aliphatic rings. The van der Waals surface area contributed by atoms with E-state index in [-0.39, 0.29) is 0 Å². The molecule has 0 bridgehead atoms. The Hall–Kier alpha value is -1.54. The summed E-state index contributed by atoms with van der Waals surface area (Å²) in [6.45, 7) is 3.43. The van der Waals surface area contributed by atoms with Crippen LogP contribution >= 0.6 is 0 Å². The van der Waals surface area contributed by atoms with E-state index in [2.05, 4.69) is 25.1 Å². The molecule has 2 nitrogen and oxygen atoms in total. The van der Waals surface area contributed by atoms with Crippen molar-refractivity contribution in [1.29, 1.82) is 0 Å². The van der Waals surface area contributed by atoms with Crippen molar-refractivity contribution in [3.05, 3.63) is 42.0 Å². The van der Waals surface area contributed by atoms with E-state index in [1.54, 1.807) is 0 Å². The van der Waals surface area contributed by atoms with E-state index in [9.17, 15) is 0 Å². The molecule has 2 rings (SSSR count). The molecule has 0 aliphatic carbocycles. The summed E-state index contributed by atoms with van der Waals surface area (Å²) in [6.07, 6.45) is 1.02. The van der Waals surface area contributed by atoms with Gasteiger partial charge in [-0.05, 0) is 23.4 Å². The van der Waals surface area contributed by atoms with Crippen molar-refractivity contribution >= 4 is 10.8 Å². The lowest BCUT2D eigenvalue weighted by atomic mass is 10.0. The zero-order valence-electron chi connectivity index (χ0n) is 9.57. The van der Waals surface area contributed by atoms with Crippen molar-refractivity contribution < 1.29 is 4.74 Å². The average molecular weight is 215 g/mol. The molecule has 0 saturated heterocycles. The van der Waals surface area contributed by atoms with Gasteiger partial charge >= 0.3 is 0 Å². The molecule has 0 saturated carbocycles. The highest BCUT2D eigenvalue weighted by Gasteiger charge is 2.04. The largest absolute Gasteiger partial charge is 0.493 e. The summed E-state index contributed by atoms with van der Waals surface area (Å²) in [5.74, 6) is 0.953. The molecule has 2 aromatic rings. The fourth-order valence-corrected chi connectivity index (χ4v) is 1.86. The van der Waals surface area contributed by atoms with Gasteiger partial charge in [0.25, 0.3) is 0 Å². The minimum absolute atomic E-state index is 0.564. The van der Waals surface area contributed by atoms with Crippen molar-refractivity contribution in [3.8, 4) is 5.75 Å². The van der Waals surface area contributed by atoms with Gasteiger partial charge in [-0.3, -0.25) is 0 Å². The van der Waals surface area contributed by atoms with Crippen LogP contribution in [0.5, 0.6) is 5.75 Å². The maximum Gasteiger partial charge on any atom is 0.127 e. The predicted molar refractivity (Wildman–Crippen MR) is 67.6 cm³/mol. The summed E-state index contributed by atoms with van der Waals surface area (Å²) < 4.78 is 5.73. The summed E-state index contributed by atoms with van der Waals surface area (Å²) in [6, 6.07) is 12.3. The van der Waals surface area contributed by atoms with E-state index in [1.807, 2.05) is 18.2 Å². The second kappa shape index (κ2) is 4.99. The van der Waals surface area contributed by atoms with Gasteiger partial charge < -0.3 is 10.5 Å². The van der Waals surface area contributed by atoms with E-state index < -0.39 is 0 Å².